The summed E-state index contributed by atoms with van der Waals surface area (Å²) in [7, 11) is 0. The Kier molecular flexibility index (Phi) is 4.84. The highest BCUT2D eigenvalue weighted by atomic mass is 32.2. The van der Waals surface area contributed by atoms with E-state index in [1.807, 2.05) is 0 Å². The molecule has 1 nitrogen and oxygen atoms in total. The summed E-state index contributed by atoms with van der Waals surface area (Å²) in [6.07, 6.45) is -0.131. The summed E-state index contributed by atoms with van der Waals surface area (Å²) in [4.78, 5) is 12.1. The van der Waals surface area contributed by atoms with E-state index in [0.717, 1.165) is 23.9 Å². The van der Waals surface area contributed by atoms with Crippen LogP contribution in [0.1, 0.15) is 5.56 Å². The molecule has 104 valence electrons. The number of ketones is 1. The van der Waals surface area contributed by atoms with Gasteiger partial charge in [0, 0.05) is 17.4 Å². The monoisotopic (exact) mass is 296 g/mol. The van der Waals surface area contributed by atoms with E-state index >= 15 is 0 Å². The standard InChI is InChI=1S/C15H11F3OS/c16-11-6-5-10(14(18)8-11)7-12(19)9-20-15-4-2-1-3-13(15)17/h1-6,8H,7,9H2. The minimum absolute atomic E-state index is 0.0394. The van der Waals surface area contributed by atoms with Gasteiger partial charge in [0.25, 0.3) is 0 Å². The maximum atomic E-state index is 13.4. The quantitative estimate of drug-likeness (QED) is 0.776. The number of thioether (sulfide) groups is 1. The number of carbonyl (C=O) groups excluding carboxylic acids is 1. The molecule has 0 aliphatic rings. The van der Waals surface area contributed by atoms with Crippen LogP contribution in [0.5, 0.6) is 0 Å². The second-order valence-corrected chi connectivity index (χ2v) is 5.19. The lowest BCUT2D eigenvalue weighted by Crippen LogP contribution is -2.07. The summed E-state index contributed by atoms with van der Waals surface area (Å²) >= 11 is 1.06. The Labute approximate surface area is 118 Å². The molecule has 2 aromatic rings. The predicted octanol–water partition coefficient (Wildman–Crippen LogP) is 4.01. The molecular formula is C15H11F3OS. The van der Waals surface area contributed by atoms with Crippen LogP contribution in [0.25, 0.3) is 0 Å². The van der Waals surface area contributed by atoms with Crippen LogP contribution in [0, 0.1) is 17.5 Å². The molecule has 0 saturated carbocycles. The van der Waals surface area contributed by atoms with E-state index in [9.17, 15) is 18.0 Å². The normalized spacial score (nSPS) is 10.6. The van der Waals surface area contributed by atoms with Gasteiger partial charge in [-0.2, -0.15) is 0 Å². The number of hydrogen-bond donors (Lipinski definition) is 0. The summed E-state index contributed by atoms with van der Waals surface area (Å²) in [6, 6.07) is 9.22. The zero-order valence-corrected chi connectivity index (χ0v) is 11.2. The Balaban J connectivity index is 1.94. The van der Waals surface area contributed by atoms with Gasteiger partial charge in [-0.05, 0) is 23.8 Å². The number of hydrogen-bond acceptors (Lipinski definition) is 2. The highest BCUT2D eigenvalue weighted by Crippen LogP contribution is 2.21. The first kappa shape index (κ1) is 14.7. The molecule has 20 heavy (non-hydrogen) atoms. The molecule has 0 amide bonds. The Morgan fingerprint density at radius 3 is 2.45 bits per heavy atom. The molecule has 0 atom stereocenters. The smallest absolute Gasteiger partial charge is 0.147 e. The third kappa shape index (κ3) is 3.87. The van der Waals surface area contributed by atoms with Gasteiger partial charge in [-0.3, -0.25) is 4.79 Å². The van der Waals surface area contributed by atoms with Crippen molar-refractivity contribution in [2.75, 3.05) is 5.75 Å². The maximum Gasteiger partial charge on any atom is 0.147 e. The summed E-state index contributed by atoms with van der Waals surface area (Å²) in [6.45, 7) is 0. The second-order valence-electron chi connectivity index (χ2n) is 4.17. The van der Waals surface area contributed by atoms with Crippen molar-refractivity contribution in [3.8, 4) is 0 Å². The lowest BCUT2D eigenvalue weighted by Gasteiger charge is -2.04. The summed E-state index contributed by atoms with van der Waals surface area (Å²) in [5.41, 5.74) is 0.144. The molecule has 0 heterocycles. The molecule has 0 aliphatic heterocycles. The van der Waals surface area contributed by atoms with E-state index < -0.39 is 17.5 Å². The minimum Gasteiger partial charge on any atom is -0.298 e. The fourth-order valence-electron chi connectivity index (χ4n) is 1.65. The molecule has 0 aromatic heterocycles. The Hall–Kier alpha value is -1.75. The van der Waals surface area contributed by atoms with Crippen molar-refractivity contribution < 1.29 is 18.0 Å². The Morgan fingerprint density at radius 1 is 1.00 bits per heavy atom. The van der Waals surface area contributed by atoms with Gasteiger partial charge in [-0.1, -0.05) is 18.2 Å². The molecule has 0 N–H and O–H groups in total. The molecule has 0 spiro atoms. The lowest BCUT2D eigenvalue weighted by molar-refractivity contribution is -0.116. The average molecular weight is 296 g/mol. The molecule has 5 heteroatoms. The first-order valence-electron chi connectivity index (χ1n) is 5.89. The predicted molar refractivity (Wildman–Crippen MR) is 72.2 cm³/mol. The molecule has 0 fully saturated rings. The number of halogens is 3. The van der Waals surface area contributed by atoms with Crippen molar-refractivity contribution in [1.82, 2.24) is 0 Å². The number of carbonyl (C=O) groups is 1. The van der Waals surface area contributed by atoms with Crippen molar-refractivity contribution in [3.63, 3.8) is 0 Å². The SMILES string of the molecule is O=C(CSc1ccccc1F)Cc1ccc(F)cc1F. The summed E-state index contributed by atoms with van der Waals surface area (Å²) < 4.78 is 39.4. The van der Waals surface area contributed by atoms with Gasteiger partial charge in [0.15, 0.2) is 0 Å². The molecule has 0 aliphatic carbocycles. The van der Waals surface area contributed by atoms with E-state index in [0.29, 0.717) is 4.90 Å². The van der Waals surface area contributed by atoms with Crippen LogP contribution in [-0.4, -0.2) is 11.5 Å². The van der Waals surface area contributed by atoms with Gasteiger partial charge in [-0.15, -0.1) is 11.8 Å². The Morgan fingerprint density at radius 2 is 1.75 bits per heavy atom. The molecule has 0 bridgehead atoms. The fraction of sp³-hybridized carbons (Fsp3) is 0.133. The molecule has 0 unspecified atom stereocenters. The number of rotatable bonds is 5. The van der Waals surface area contributed by atoms with Crippen molar-refractivity contribution in [3.05, 3.63) is 65.5 Å². The highest BCUT2D eigenvalue weighted by Gasteiger charge is 2.11. The fourth-order valence-corrected chi connectivity index (χ4v) is 2.45. The van der Waals surface area contributed by atoms with Crippen LogP contribution < -0.4 is 0 Å². The first-order valence-corrected chi connectivity index (χ1v) is 6.88. The second kappa shape index (κ2) is 6.61. The van der Waals surface area contributed by atoms with E-state index in [4.69, 9.17) is 0 Å². The first-order chi connectivity index (χ1) is 9.56. The van der Waals surface area contributed by atoms with Gasteiger partial charge < -0.3 is 0 Å². The third-order valence-corrected chi connectivity index (χ3v) is 3.74. The van der Waals surface area contributed by atoms with Gasteiger partial charge in [0.05, 0.1) is 5.75 Å². The van der Waals surface area contributed by atoms with E-state index in [1.165, 1.54) is 12.1 Å². The zero-order chi connectivity index (χ0) is 14.5. The van der Waals surface area contributed by atoms with E-state index in [1.54, 1.807) is 18.2 Å². The van der Waals surface area contributed by atoms with Crippen LogP contribution in [0.2, 0.25) is 0 Å². The van der Waals surface area contributed by atoms with Gasteiger partial charge in [0.2, 0.25) is 0 Å². The van der Waals surface area contributed by atoms with Crippen LogP contribution in [0.4, 0.5) is 13.2 Å². The highest BCUT2D eigenvalue weighted by molar-refractivity contribution is 8.00. The van der Waals surface area contributed by atoms with Gasteiger partial charge >= 0.3 is 0 Å². The topological polar surface area (TPSA) is 17.1 Å². The van der Waals surface area contributed by atoms with Gasteiger partial charge in [0.1, 0.15) is 23.2 Å². The zero-order valence-electron chi connectivity index (χ0n) is 10.4. The van der Waals surface area contributed by atoms with Crippen molar-refractivity contribution in [1.29, 1.82) is 0 Å². The maximum absolute atomic E-state index is 13.4. The van der Waals surface area contributed by atoms with Crippen LogP contribution >= 0.6 is 11.8 Å². The van der Waals surface area contributed by atoms with Crippen molar-refractivity contribution in [2.45, 2.75) is 11.3 Å². The Bertz CT molecular complexity index is 628. The lowest BCUT2D eigenvalue weighted by atomic mass is 10.1. The summed E-state index contributed by atoms with van der Waals surface area (Å²) in [5, 5.41) is 0. The molecular weight excluding hydrogens is 285 g/mol. The van der Waals surface area contributed by atoms with Crippen LogP contribution in [0.15, 0.2) is 47.4 Å². The van der Waals surface area contributed by atoms with Crippen LogP contribution in [0.3, 0.4) is 0 Å². The number of Topliss-reactive ketones (excluding diaryl/α,β-unsaturated/α-hetero) is 1. The van der Waals surface area contributed by atoms with E-state index in [2.05, 4.69) is 0 Å². The third-order valence-electron chi connectivity index (χ3n) is 2.63. The molecule has 0 saturated heterocycles. The van der Waals surface area contributed by atoms with Gasteiger partial charge in [-0.25, -0.2) is 13.2 Å². The molecule has 0 radical (unpaired) electrons. The van der Waals surface area contributed by atoms with Crippen molar-refractivity contribution >= 4 is 17.5 Å². The van der Waals surface area contributed by atoms with E-state index in [-0.39, 0.29) is 23.5 Å². The molecule has 2 aromatic carbocycles. The largest absolute Gasteiger partial charge is 0.298 e. The number of benzene rings is 2. The molecule has 2 rings (SSSR count). The average Bonchev–Trinajstić information content (AvgIpc) is 2.41. The van der Waals surface area contributed by atoms with Crippen LogP contribution in [-0.2, 0) is 11.2 Å². The minimum atomic E-state index is -0.741. The summed E-state index contributed by atoms with van der Waals surface area (Å²) in [5.74, 6) is -2.02. The van der Waals surface area contributed by atoms with Crippen molar-refractivity contribution in [2.24, 2.45) is 0 Å².